The van der Waals surface area contributed by atoms with Crippen molar-refractivity contribution in [2.75, 3.05) is 19.6 Å². The third kappa shape index (κ3) is 3.25. The molecule has 0 spiro atoms. The Morgan fingerprint density at radius 2 is 1.90 bits per heavy atom. The fourth-order valence-electron chi connectivity index (χ4n) is 2.74. The van der Waals surface area contributed by atoms with Gasteiger partial charge in [-0.05, 0) is 39.0 Å². The number of unbranched alkanes of at least 4 members (excludes halogenated alkanes) is 1. The number of aliphatic carboxylic acids is 1. The van der Waals surface area contributed by atoms with E-state index < -0.39 is 11.4 Å². The SMILES string of the molecule is CCCCN(C(=O)N1CCC(C)(C(=O)O)CC1)C1CC1. The largest absolute Gasteiger partial charge is 0.481 e. The van der Waals surface area contributed by atoms with Gasteiger partial charge in [0.05, 0.1) is 5.41 Å². The Bertz CT molecular complexity index is 371. The number of likely N-dealkylation sites (tertiary alicyclic amines) is 1. The lowest BCUT2D eigenvalue weighted by Gasteiger charge is -2.39. The van der Waals surface area contributed by atoms with E-state index in [-0.39, 0.29) is 6.03 Å². The molecule has 0 aromatic rings. The van der Waals surface area contributed by atoms with Crippen molar-refractivity contribution in [3.8, 4) is 0 Å². The fourth-order valence-corrected chi connectivity index (χ4v) is 2.74. The number of carboxylic acid groups (broad SMARTS) is 1. The normalized spacial score (nSPS) is 21.6. The van der Waals surface area contributed by atoms with Crippen molar-refractivity contribution in [2.24, 2.45) is 5.41 Å². The Morgan fingerprint density at radius 3 is 2.35 bits per heavy atom. The maximum atomic E-state index is 12.6. The molecule has 0 aromatic heterocycles. The van der Waals surface area contributed by atoms with Crippen LogP contribution in [0.4, 0.5) is 4.79 Å². The third-order valence-corrected chi connectivity index (χ3v) is 4.64. The van der Waals surface area contributed by atoms with Gasteiger partial charge in [0.2, 0.25) is 0 Å². The topological polar surface area (TPSA) is 60.9 Å². The summed E-state index contributed by atoms with van der Waals surface area (Å²) in [5.41, 5.74) is -0.662. The summed E-state index contributed by atoms with van der Waals surface area (Å²) >= 11 is 0. The van der Waals surface area contributed by atoms with Crippen LogP contribution in [0, 0.1) is 5.41 Å². The number of hydrogen-bond donors (Lipinski definition) is 1. The minimum atomic E-state index is -0.741. The van der Waals surface area contributed by atoms with Gasteiger partial charge in [-0.3, -0.25) is 4.79 Å². The fraction of sp³-hybridized carbons (Fsp3) is 0.867. The number of nitrogens with zero attached hydrogens (tertiary/aromatic N) is 2. The Hall–Kier alpha value is -1.26. The van der Waals surface area contributed by atoms with Gasteiger partial charge in [-0.2, -0.15) is 0 Å². The molecule has 20 heavy (non-hydrogen) atoms. The molecule has 5 heteroatoms. The predicted octanol–water partition coefficient (Wildman–Crippen LogP) is 2.56. The van der Waals surface area contributed by atoms with Crippen molar-refractivity contribution in [1.29, 1.82) is 0 Å². The first-order valence-electron chi connectivity index (χ1n) is 7.77. The molecule has 2 rings (SSSR count). The molecule has 2 amide bonds. The van der Waals surface area contributed by atoms with Gasteiger partial charge in [-0.25, -0.2) is 4.79 Å². The van der Waals surface area contributed by atoms with E-state index in [2.05, 4.69) is 6.92 Å². The van der Waals surface area contributed by atoms with E-state index in [4.69, 9.17) is 0 Å². The molecular formula is C15H26N2O3. The van der Waals surface area contributed by atoms with Gasteiger partial charge in [0.1, 0.15) is 0 Å². The van der Waals surface area contributed by atoms with Crippen molar-refractivity contribution in [3.63, 3.8) is 0 Å². The summed E-state index contributed by atoms with van der Waals surface area (Å²) in [6, 6.07) is 0.551. The third-order valence-electron chi connectivity index (χ3n) is 4.64. The Balaban J connectivity index is 1.91. The molecule has 1 aliphatic heterocycles. The van der Waals surface area contributed by atoms with Gasteiger partial charge in [0.15, 0.2) is 0 Å². The molecule has 114 valence electrons. The molecule has 0 unspecified atom stereocenters. The van der Waals surface area contributed by atoms with Crippen LogP contribution in [-0.4, -0.2) is 52.6 Å². The Morgan fingerprint density at radius 1 is 1.30 bits per heavy atom. The van der Waals surface area contributed by atoms with Crippen molar-refractivity contribution in [2.45, 2.75) is 58.4 Å². The smallest absolute Gasteiger partial charge is 0.320 e. The molecule has 1 heterocycles. The van der Waals surface area contributed by atoms with Crippen LogP contribution < -0.4 is 0 Å². The summed E-state index contributed by atoms with van der Waals surface area (Å²) in [5.74, 6) is -0.741. The van der Waals surface area contributed by atoms with E-state index in [0.717, 1.165) is 32.2 Å². The quantitative estimate of drug-likeness (QED) is 0.843. The summed E-state index contributed by atoms with van der Waals surface area (Å²) in [5, 5.41) is 9.23. The van der Waals surface area contributed by atoms with Crippen LogP contribution >= 0.6 is 0 Å². The first-order chi connectivity index (χ1) is 9.48. The lowest BCUT2D eigenvalue weighted by Crippen LogP contribution is -2.50. The van der Waals surface area contributed by atoms with Crippen LogP contribution in [0.1, 0.15) is 52.4 Å². The molecule has 5 nitrogen and oxygen atoms in total. The number of hydrogen-bond acceptors (Lipinski definition) is 2. The number of urea groups is 1. The van der Waals surface area contributed by atoms with Gasteiger partial charge in [-0.1, -0.05) is 13.3 Å². The minimum Gasteiger partial charge on any atom is -0.481 e. The van der Waals surface area contributed by atoms with Crippen molar-refractivity contribution >= 4 is 12.0 Å². The first kappa shape index (κ1) is 15.1. The Labute approximate surface area is 120 Å². The maximum absolute atomic E-state index is 12.6. The second-order valence-corrected chi connectivity index (χ2v) is 6.41. The van der Waals surface area contributed by atoms with Crippen LogP contribution in [0.15, 0.2) is 0 Å². The van der Waals surface area contributed by atoms with Gasteiger partial charge in [0, 0.05) is 25.7 Å². The second-order valence-electron chi connectivity index (χ2n) is 6.41. The molecule has 0 atom stereocenters. The van der Waals surface area contributed by atoms with Crippen LogP contribution in [0.5, 0.6) is 0 Å². The van der Waals surface area contributed by atoms with Crippen molar-refractivity contribution in [1.82, 2.24) is 9.80 Å². The summed E-state index contributed by atoms with van der Waals surface area (Å²) < 4.78 is 0. The van der Waals surface area contributed by atoms with Crippen molar-refractivity contribution in [3.05, 3.63) is 0 Å². The summed E-state index contributed by atoms with van der Waals surface area (Å²) in [7, 11) is 0. The molecular weight excluding hydrogens is 256 g/mol. The number of amides is 2. The number of piperidine rings is 1. The van der Waals surface area contributed by atoms with Crippen molar-refractivity contribution < 1.29 is 14.7 Å². The van der Waals surface area contributed by atoms with E-state index in [1.54, 1.807) is 6.92 Å². The highest BCUT2D eigenvalue weighted by molar-refractivity contribution is 5.77. The molecule has 0 aromatic carbocycles. The zero-order chi connectivity index (χ0) is 14.8. The lowest BCUT2D eigenvalue weighted by molar-refractivity contribution is -0.150. The molecule has 2 aliphatic rings. The van der Waals surface area contributed by atoms with Gasteiger partial charge in [0.25, 0.3) is 0 Å². The van der Waals surface area contributed by atoms with E-state index in [0.29, 0.717) is 32.0 Å². The van der Waals surface area contributed by atoms with Gasteiger partial charge in [-0.15, -0.1) is 0 Å². The second kappa shape index (κ2) is 6.02. The molecule has 1 saturated heterocycles. The first-order valence-corrected chi connectivity index (χ1v) is 7.77. The standard InChI is InChI=1S/C15H26N2O3/c1-3-4-9-17(12-5-6-12)14(20)16-10-7-15(2,8-11-16)13(18)19/h12H,3-11H2,1-2H3,(H,18,19). The molecule has 0 radical (unpaired) electrons. The average Bonchev–Trinajstić information content (AvgIpc) is 3.24. The zero-order valence-corrected chi connectivity index (χ0v) is 12.6. The van der Waals surface area contributed by atoms with Gasteiger partial charge < -0.3 is 14.9 Å². The van der Waals surface area contributed by atoms with Crippen LogP contribution in [0.25, 0.3) is 0 Å². The molecule has 1 saturated carbocycles. The predicted molar refractivity (Wildman–Crippen MR) is 76.6 cm³/mol. The van der Waals surface area contributed by atoms with E-state index >= 15 is 0 Å². The number of carboxylic acids is 1. The maximum Gasteiger partial charge on any atom is 0.320 e. The zero-order valence-electron chi connectivity index (χ0n) is 12.6. The summed E-state index contributed by atoms with van der Waals surface area (Å²) in [6.45, 7) is 5.89. The van der Waals surface area contributed by atoms with E-state index in [1.807, 2.05) is 9.80 Å². The average molecular weight is 282 g/mol. The minimum absolute atomic E-state index is 0.119. The highest BCUT2D eigenvalue weighted by Crippen LogP contribution is 2.33. The van der Waals surface area contributed by atoms with E-state index in [1.165, 1.54) is 0 Å². The monoisotopic (exact) mass is 282 g/mol. The van der Waals surface area contributed by atoms with Crippen LogP contribution in [0.3, 0.4) is 0 Å². The highest BCUT2D eigenvalue weighted by Gasteiger charge is 2.40. The number of rotatable bonds is 5. The van der Waals surface area contributed by atoms with Crippen LogP contribution in [-0.2, 0) is 4.79 Å². The van der Waals surface area contributed by atoms with Gasteiger partial charge >= 0.3 is 12.0 Å². The molecule has 0 bridgehead atoms. The molecule has 1 aliphatic carbocycles. The molecule has 2 fully saturated rings. The number of carbonyl (C=O) groups is 2. The summed E-state index contributed by atoms with van der Waals surface area (Å²) in [4.78, 5) is 27.7. The highest BCUT2D eigenvalue weighted by atomic mass is 16.4. The Kier molecular flexibility index (Phi) is 4.55. The van der Waals surface area contributed by atoms with Crippen LogP contribution in [0.2, 0.25) is 0 Å². The molecule has 1 N–H and O–H groups in total. The lowest BCUT2D eigenvalue weighted by atomic mass is 9.80. The number of carbonyl (C=O) groups excluding carboxylic acids is 1. The van der Waals surface area contributed by atoms with E-state index in [9.17, 15) is 14.7 Å². The summed E-state index contributed by atoms with van der Waals surface area (Å²) in [6.07, 6.45) is 5.49.